The maximum atomic E-state index is 14.1. The van der Waals surface area contributed by atoms with E-state index in [1.54, 1.807) is 0 Å². The minimum atomic E-state index is -3.11. The van der Waals surface area contributed by atoms with E-state index in [1.807, 2.05) is 60.7 Å². The maximum Gasteiger partial charge on any atom is 0.261 e. The Balaban J connectivity index is 1.71. The summed E-state index contributed by atoms with van der Waals surface area (Å²) in [6.45, 7) is 11.5. The quantitative estimate of drug-likeness (QED) is 0.400. The molecule has 3 nitrogen and oxygen atoms in total. The molecule has 0 N–H and O–H groups in total. The summed E-state index contributed by atoms with van der Waals surface area (Å²) in [5, 5.41) is 1.76. The Morgan fingerprint density at radius 1 is 0.793 bits per heavy atom. The standard InChI is InChI=1S/C24H35O3PSi/c1-24(2,3)29(4,5)27-21-18-16-20(17-19-21)26-28(25,22-12-8-6-9-13-22)23-14-10-7-11-15-23/h6-15,20-21H,16-19H2,1-5H3. The molecule has 0 heterocycles. The van der Waals surface area contributed by atoms with E-state index in [1.165, 1.54) is 0 Å². The molecule has 29 heavy (non-hydrogen) atoms. The third-order valence-corrected chi connectivity index (χ3v) is 13.5. The van der Waals surface area contributed by atoms with Crippen LogP contribution in [-0.2, 0) is 13.5 Å². The highest BCUT2D eigenvalue weighted by Crippen LogP contribution is 2.48. The van der Waals surface area contributed by atoms with Crippen LogP contribution in [0, 0.1) is 0 Å². The normalized spacial score (nSPS) is 21.1. The van der Waals surface area contributed by atoms with Crippen LogP contribution >= 0.6 is 7.37 Å². The fourth-order valence-electron chi connectivity index (χ4n) is 3.58. The molecular weight excluding hydrogens is 395 g/mol. The van der Waals surface area contributed by atoms with E-state index in [4.69, 9.17) is 8.95 Å². The van der Waals surface area contributed by atoms with E-state index in [2.05, 4.69) is 33.9 Å². The van der Waals surface area contributed by atoms with Gasteiger partial charge in [0.25, 0.3) is 7.37 Å². The van der Waals surface area contributed by atoms with Crippen molar-refractivity contribution in [1.82, 2.24) is 0 Å². The lowest BCUT2D eigenvalue weighted by Gasteiger charge is -2.41. The van der Waals surface area contributed by atoms with Crippen molar-refractivity contribution >= 4 is 26.3 Å². The summed E-state index contributed by atoms with van der Waals surface area (Å²) in [5.41, 5.74) is 0. The van der Waals surface area contributed by atoms with Gasteiger partial charge in [-0.2, -0.15) is 0 Å². The molecule has 0 aliphatic heterocycles. The molecule has 0 aromatic heterocycles. The average Bonchev–Trinajstić information content (AvgIpc) is 2.70. The van der Waals surface area contributed by atoms with Crippen LogP contribution in [0.3, 0.4) is 0 Å². The Morgan fingerprint density at radius 3 is 1.62 bits per heavy atom. The summed E-state index contributed by atoms with van der Waals surface area (Å²) >= 11 is 0. The summed E-state index contributed by atoms with van der Waals surface area (Å²) in [4.78, 5) is 0. The fraction of sp³-hybridized carbons (Fsp3) is 0.500. The van der Waals surface area contributed by atoms with Gasteiger partial charge in [0.05, 0.1) is 6.10 Å². The predicted octanol–water partition coefficient (Wildman–Crippen LogP) is 6.27. The van der Waals surface area contributed by atoms with Gasteiger partial charge in [-0.15, -0.1) is 0 Å². The summed E-state index contributed by atoms with van der Waals surface area (Å²) in [6, 6.07) is 19.3. The minimum Gasteiger partial charge on any atom is -0.414 e. The molecule has 0 atom stereocenters. The van der Waals surface area contributed by atoms with Crippen molar-refractivity contribution in [2.75, 3.05) is 0 Å². The zero-order valence-corrected chi connectivity index (χ0v) is 20.3. The molecule has 0 radical (unpaired) electrons. The van der Waals surface area contributed by atoms with Crippen molar-refractivity contribution in [1.29, 1.82) is 0 Å². The van der Waals surface area contributed by atoms with Gasteiger partial charge in [-0.05, 0) is 68.1 Å². The highest BCUT2D eigenvalue weighted by molar-refractivity contribution is 7.74. The molecule has 0 saturated heterocycles. The van der Waals surface area contributed by atoms with Crippen LogP contribution < -0.4 is 10.6 Å². The highest BCUT2D eigenvalue weighted by Gasteiger charge is 2.40. The Morgan fingerprint density at radius 2 is 1.21 bits per heavy atom. The molecule has 1 saturated carbocycles. The van der Waals surface area contributed by atoms with E-state index in [9.17, 15) is 4.57 Å². The van der Waals surface area contributed by atoms with Crippen molar-refractivity contribution in [3.8, 4) is 0 Å². The lowest BCUT2D eigenvalue weighted by Crippen LogP contribution is -2.45. The van der Waals surface area contributed by atoms with Gasteiger partial charge in [0.2, 0.25) is 0 Å². The zero-order chi connectivity index (χ0) is 21.1. The van der Waals surface area contributed by atoms with Gasteiger partial charge in [-0.1, -0.05) is 57.2 Å². The van der Waals surface area contributed by atoms with Crippen molar-refractivity contribution < 1.29 is 13.5 Å². The lowest BCUT2D eigenvalue weighted by atomic mass is 9.95. The third kappa shape index (κ3) is 5.30. The molecule has 0 bridgehead atoms. The average molecular weight is 431 g/mol. The third-order valence-electron chi connectivity index (χ3n) is 6.38. The highest BCUT2D eigenvalue weighted by atomic mass is 31.2. The molecular formula is C24H35O3PSi. The first kappa shape index (κ1) is 22.5. The largest absolute Gasteiger partial charge is 0.414 e. The van der Waals surface area contributed by atoms with Gasteiger partial charge in [0, 0.05) is 16.7 Å². The van der Waals surface area contributed by atoms with E-state index < -0.39 is 15.7 Å². The van der Waals surface area contributed by atoms with Crippen molar-refractivity contribution in [2.45, 2.75) is 76.8 Å². The molecule has 2 aromatic carbocycles. The molecule has 5 heteroatoms. The zero-order valence-electron chi connectivity index (χ0n) is 18.4. The first-order valence-corrected chi connectivity index (χ1v) is 15.2. The van der Waals surface area contributed by atoms with Crippen LogP contribution in [0.5, 0.6) is 0 Å². The first-order chi connectivity index (χ1) is 13.6. The number of hydrogen-bond acceptors (Lipinski definition) is 3. The first-order valence-electron chi connectivity index (χ1n) is 10.7. The van der Waals surface area contributed by atoms with Crippen LogP contribution in [0.25, 0.3) is 0 Å². The van der Waals surface area contributed by atoms with Crippen LogP contribution in [-0.4, -0.2) is 20.5 Å². The van der Waals surface area contributed by atoms with Gasteiger partial charge < -0.3 is 8.95 Å². The molecule has 0 amide bonds. The minimum absolute atomic E-state index is 0.000473. The summed E-state index contributed by atoms with van der Waals surface area (Å²) in [6.07, 6.45) is 4.03. The van der Waals surface area contributed by atoms with E-state index in [0.717, 1.165) is 36.3 Å². The molecule has 2 aromatic rings. The smallest absolute Gasteiger partial charge is 0.261 e. The van der Waals surface area contributed by atoms with Crippen LogP contribution in [0.4, 0.5) is 0 Å². The summed E-state index contributed by atoms with van der Waals surface area (Å²) in [5.74, 6) is 0. The predicted molar refractivity (Wildman–Crippen MR) is 125 cm³/mol. The fourth-order valence-corrected chi connectivity index (χ4v) is 7.30. The second-order valence-electron chi connectivity index (χ2n) is 9.60. The Hall–Kier alpha value is -1.19. The van der Waals surface area contributed by atoms with Gasteiger partial charge in [0.15, 0.2) is 8.32 Å². The molecule has 1 fully saturated rings. The Kier molecular flexibility index (Phi) is 6.90. The molecule has 158 valence electrons. The molecule has 0 spiro atoms. The van der Waals surface area contributed by atoms with Crippen LogP contribution in [0.1, 0.15) is 46.5 Å². The maximum absolute atomic E-state index is 14.1. The van der Waals surface area contributed by atoms with E-state index >= 15 is 0 Å². The summed E-state index contributed by atoms with van der Waals surface area (Å²) in [7, 11) is -4.87. The lowest BCUT2D eigenvalue weighted by molar-refractivity contribution is 0.0760. The van der Waals surface area contributed by atoms with Gasteiger partial charge >= 0.3 is 0 Å². The molecule has 3 rings (SSSR count). The van der Waals surface area contributed by atoms with Crippen LogP contribution in [0.15, 0.2) is 60.7 Å². The molecule has 1 aliphatic carbocycles. The van der Waals surface area contributed by atoms with Crippen molar-refractivity contribution in [3.05, 3.63) is 60.7 Å². The van der Waals surface area contributed by atoms with Crippen molar-refractivity contribution in [3.63, 3.8) is 0 Å². The molecule has 0 unspecified atom stereocenters. The van der Waals surface area contributed by atoms with E-state index in [0.29, 0.717) is 6.10 Å². The topological polar surface area (TPSA) is 35.5 Å². The number of hydrogen-bond donors (Lipinski definition) is 0. The number of rotatable bonds is 6. The van der Waals surface area contributed by atoms with E-state index in [-0.39, 0.29) is 11.1 Å². The number of benzene rings is 2. The second-order valence-corrected chi connectivity index (χ2v) is 16.7. The Bertz CT molecular complexity index is 779. The SMILES string of the molecule is CC(C)(C)[Si](C)(C)OC1CCC(OP(=O)(c2ccccc2)c2ccccc2)CC1. The van der Waals surface area contributed by atoms with Gasteiger partial charge in [0.1, 0.15) is 0 Å². The summed E-state index contributed by atoms with van der Waals surface area (Å²) < 4.78 is 27.1. The van der Waals surface area contributed by atoms with Crippen molar-refractivity contribution in [2.24, 2.45) is 0 Å². The monoisotopic (exact) mass is 430 g/mol. The van der Waals surface area contributed by atoms with Gasteiger partial charge in [-0.3, -0.25) is 4.57 Å². The van der Waals surface area contributed by atoms with Gasteiger partial charge in [-0.25, -0.2) is 0 Å². The van der Waals surface area contributed by atoms with Crippen LogP contribution in [0.2, 0.25) is 18.1 Å². The Labute approximate surface area is 177 Å². The molecule has 1 aliphatic rings. The second kappa shape index (κ2) is 8.89.